The minimum Gasteiger partial charge on any atom is -0.493 e. The Morgan fingerprint density at radius 1 is 1.00 bits per heavy atom. The molecule has 2 aromatic rings. The predicted octanol–water partition coefficient (Wildman–Crippen LogP) is 3.19. The first-order valence-corrected chi connectivity index (χ1v) is 6.21. The van der Waals surface area contributed by atoms with E-state index in [0.29, 0.717) is 17.9 Å². The van der Waals surface area contributed by atoms with E-state index in [1.165, 1.54) is 0 Å². The van der Waals surface area contributed by atoms with Crippen LogP contribution < -0.4 is 14.8 Å². The second-order valence-electron chi connectivity index (χ2n) is 4.23. The lowest BCUT2D eigenvalue weighted by Gasteiger charge is -2.11. The quantitative estimate of drug-likeness (QED) is 0.904. The summed E-state index contributed by atoms with van der Waals surface area (Å²) in [5.74, 6) is 1.43. The van der Waals surface area contributed by atoms with Gasteiger partial charge in [-0.2, -0.15) is 5.26 Å². The fourth-order valence-electron chi connectivity index (χ4n) is 1.86. The monoisotopic (exact) mass is 268 g/mol. The highest BCUT2D eigenvalue weighted by atomic mass is 16.5. The first-order chi connectivity index (χ1) is 9.76. The van der Waals surface area contributed by atoms with Gasteiger partial charge >= 0.3 is 0 Å². The molecule has 0 aliphatic carbocycles. The fourth-order valence-corrected chi connectivity index (χ4v) is 1.86. The van der Waals surface area contributed by atoms with Gasteiger partial charge in [0.05, 0.1) is 25.9 Å². The summed E-state index contributed by atoms with van der Waals surface area (Å²) in [5.41, 5.74) is 2.72. The molecule has 0 amide bonds. The lowest BCUT2D eigenvalue weighted by molar-refractivity contribution is 0.354. The highest BCUT2D eigenvalue weighted by molar-refractivity contribution is 5.49. The Labute approximate surface area is 118 Å². The fraction of sp³-hybridized carbons (Fsp3) is 0.188. The standard InChI is InChI=1S/C16H16N2O2/c1-19-15-8-5-13(9-16(15)20-2)11-18-14-6-3-12(10-17)4-7-14/h3-9,18H,11H2,1-2H3. The summed E-state index contributed by atoms with van der Waals surface area (Å²) in [6.07, 6.45) is 0. The zero-order valence-electron chi connectivity index (χ0n) is 11.5. The molecule has 0 aromatic heterocycles. The lowest BCUT2D eigenvalue weighted by Crippen LogP contribution is -2.00. The van der Waals surface area contributed by atoms with Gasteiger partial charge in [-0.1, -0.05) is 6.07 Å². The molecule has 4 heteroatoms. The van der Waals surface area contributed by atoms with Crippen LogP contribution >= 0.6 is 0 Å². The van der Waals surface area contributed by atoms with E-state index >= 15 is 0 Å². The van der Waals surface area contributed by atoms with Crippen molar-refractivity contribution in [2.75, 3.05) is 19.5 Å². The third kappa shape index (κ3) is 3.21. The minimum atomic E-state index is 0.654. The second kappa shape index (κ2) is 6.48. The van der Waals surface area contributed by atoms with Crippen molar-refractivity contribution < 1.29 is 9.47 Å². The Hall–Kier alpha value is -2.67. The Morgan fingerprint density at radius 2 is 1.70 bits per heavy atom. The van der Waals surface area contributed by atoms with E-state index < -0.39 is 0 Å². The number of hydrogen-bond acceptors (Lipinski definition) is 4. The van der Waals surface area contributed by atoms with Gasteiger partial charge < -0.3 is 14.8 Å². The minimum absolute atomic E-state index is 0.654. The van der Waals surface area contributed by atoms with Gasteiger partial charge in [-0.15, -0.1) is 0 Å². The highest BCUT2D eigenvalue weighted by Crippen LogP contribution is 2.27. The van der Waals surface area contributed by atoms with Crippen LogP contribution in [0, 0.1) is 11.3 Å². The molecular formula is C16H16N2O2. The molecule has 2 rings (SSSR count). The SMILES string of the molecule is COc1ccc(CNc2ccc(C#N)cc2)cc1OC. The van der Waals surface area contributed by atoms with E-state index in [4.69, 9.17) is 14.7 Å². The van der Waals surface area contributed by atoms with Gasteiger partial charge in [-0.25, -0.2) is 0 Å². The third-order valence-corrected chi connectivity index (χ3v) is 2.96. The van der Waals surface area contributed by atoms with Crippen LogP contribution in [0.3, 0.4) is 0 Å². The van der Waals surface area contributed by atoms with E-state index in [1.54, 1.807) is 26.4 Å². The van der Waals surface area contributed by atoms with Crippen LogP contribution in [-0.2, 0) is 6.54 Å². The van der Waals surface area contributed by atoms with Crippen LogP contribution in [0.1, 0.15) is 11.1 Å². The largest absolute Gasteiger partial charge is 0.493 e. The van der Waals surface area contributed by atoms with Gasteiger partial charge in [-0.05, 0) is 42.0 Å². The Balaban J connectivity index is 2.05. The molecule has 0 spiro atoms. The Kier molecular flexibility index (Phi) is 4.46. The number of rotatable bonds is 5. The molecule has 1 N–H and O–H groups in total. The van der Waals surface area contributed by atoms with E-state index in [9.17, 15) is 0 Å². The van der Waals surface area contributed by atoms with Gasteiger partial charge in [0, 0.05) is 12.2 Å². The van der Waals surface area contributed by atoms with E-state index in [1.807, 2.05) is 30.3 Å². The van der Waals surface area contributed by atoms with Gasteiger partial charge in [-0.3, -0.25) is 0 Å². The Morgan fingerprint density at radius 3 is 2.30 bits per heavy atom. The van der Waals surface area contributed by atoms with Crippen LogP contribution in [0.2, 0.25) is 0 Å². The van der Waals surface area contributed by atoms with E-state index in [-0.39, 0.29) is 0 Å². The number of ether oxygens (including phenoxy) is 2. The topological polar surface area (TPSA) is 54.3 Å². The molecular weight excluding hydrogens is 252 g/mol. The molecule has 102 valence electrons. The number of nitriles is 1. The molecule has 0 bridgehead atoms. The van der Waals surface area contributed by atoms with Crippen molar-refractivity contribution in [2.45, 2.75) is 6.54 Å². The first kappa shape index (κ1) is 13.8. The van der Waals surface area contributed by atoms with Crippen LogP contribution in [0.15, 0.2) is 42.5 Å². The van der Waals surface area contributed by atoms with Crippen molar-refractivity contribution in [3.05, 3.63) is 53.6 Å². The van der Waals surface area contributed by atoms with Crippen molar-refractivity contribution in [2.24, 2.45) is 0 Å². The van der Waals surface area contributed by atoms with Crippen molar-refractivity contribution in [1.82, 2.24) is 0 Å². The van der Waals surface area contributed by atoms with Crippen molar-refractivity contribution in [3.8, 4) is 17.6 Å². The van der Waals surface area contributed by atoms with Gasteiger partial charge in [0.25, 0.3) is 0 Å². The van der Waals surface area contributed by atoms with Crippen molar-refractivity contribution in [3.63, 3.8) is 0 Å². The highest BCUT2D eigenvalue weighted by Gasteiger charge is 2.04. The van der Waals surface area contributed by atoms with Gasteiger partial charge in [0.15, 0.2) is 11.5 Å². The molecule has 2 aromatic carbocycles. The second-order valence-corrected chi connectivity index (χ2v) is 4.23. The number of methoxy groups -OCH3 is 2. The first-order valence-electron chi connectivity index (χ1n) is 6.21. The lowest BCUT2D eigenvalue weighted by atomic mass is 10.2. The molecule has 20 heavy (non-hydrogen) atoms. The Bertz CT molecular complexity index is 615. The summed E-state index contributed by atoms with van der Waals surface area (Å²) in [4.78, 5) is 0. The molecule has 0 aliphatic heterocycles. The molecule has 0 radical (unpaired) electrons. The molecule has 0 unspecified atom stereocenters. The molecule has 0 aliphatic rings. The van der Waals surface area contributed by atoms with E-state index in [0.717, 1.165) is 17.0 Å². The molecule has 0 atom stereocenters. The predicted molar refractivity (Wildman–Crippen MR) is 78.0 cm³/mol. The molecule has 4 nitrogen and oxygen atoms in total. The number of nitrogens with zero attached hydrogens (tertiary/aromatic N) is 1. The third-order valence-electron chi connectivity index (χ3n) is 2.96. The van der Waals surface area contributed by atoms with Crippen LogP contribution in [-0.4, -0.2) is 14.2 Å². The maximum atomic E-state index is 8.75. The van der Waals surface area contributed by atoms with Gasteiger partial charge in [0.2, 0.25) is 0 Å². The normalized spacial score (nSPS) is 9.65. The summed E-state index contributed by atoms with van der Waals surface area (Å²) in [5, 5.41) is 12.0. The summed E-state index contributed by atoms with van der Waals surface area (Å²) in [6, 6.07) is 15.3. The van der Waals surface area contributed by atoms with Crippen LogP contribution in [0.4, 0.5) is 5.69 Å². The number of hydrogen-bond donors (Lipinski definition) is 1. The smallest absolute Gasteiger partial charge is 0.161 e. The van der Waals surface area contributed by atoms with Crippen molar-refractivity contribution >= 4 is 5.69 Å². The maximum Gasteiger partial charge on any atom is 0.161 e. The number of anilines is 1. The average molecular weight is 268 g/mol. The summed E-state index contributed by atoms with van der Waals surface area (Å²) < 4.78 is 10.5. The zero-order valence-corrected chi connectivity index (χ0v) is 11.5. The number of benzene rings is 2. The molecule has 0 heterocycles. The van der Waals surface area contributed by atoms with Gasteiger partial charge in [0.1, 0.15) is 0 Å². The van der Waals surface area contributed by atoms with Crippen LogP contribution in [0.25, 0.3) is 0 Å². The average Bonchev–Trinajstić information content (AvgIpc) is 2.53. The van der Waals surface area contributed by atoms with E-state index in [2.05, 4.69) is 11.4 Å². The summed E-state index contributed by atoms with van der Waals surface area (Å²) in [7, 11) is 3.24. The summed E-state index contributed by atoms with van der Waals surface area (Å²) in [6.45, 7) is 0.673. The summed E-state index contributed by atoms with van der Waals surface area (Å²) >= 11 is 0. The van der Waals surface area contributed by atoms with Crippen molar-refractivity contribution in [1.29, 1.82) is 5.26 Å². The number of nitrogens with one attached hydrogen (secondary N) is 1. The zero-order chi connectivity index (χ0) is 14.4. The van der Waals surface area contributed by atoms with Crippen LogP contribution in [0.5, 0.6) is 11.5 Å². The molecule has 0 saturated heterocycles. The molecule has 0 saturated carbocycles. The molecule has 0 fully saturated rings. The maximum absolute atomic E-state index is 8.75.